The number of amides is 1. The summed E-state index contributed by atoms with van der Waals surface area (Å²) in [7, 11) is 1.64. The molecule has 30 heavy (non-hydrogen) atoms. The van der Waals surface area contributed by atoms with Crippen molar-refractivity contribution in [1.82, 2.24) is 4.90 Å². The number of methoxy groups -OCH3 is 1. The molecule has 0 aromatic heterocycles. The van der Waals surface area contributed by atoms with Gasteiger partial charge in [0.25, 0.3) is 0 Å². The maximum absolute atomic E-state index is 12.3. The van der Waals surface area contributed by atoms with Gasteiger partial charge in [-0.25, -0.2) is 0 Å². The van der Waals surface area contributed by atoms with E-state index >= 15 is 0 Å². The second kappa shape index (κ2) is 10.9. The molecule has 0 bridgehead atoms. The van der Waals surface area contributed by atoms with Crippen LogP contribution in [0.25, 0.3) is 0 Å². The van der Waals surface area contributed by atoms with Crippen molar-refractivity contribution in [3.8, 4) is 11.5 Å². The summed E-state index contributed by atoms with van der Waals surface area (Å²) in [4.78, 5) is 17.2. The van der Waals surface area contributed by atoms with E-state index in [1.165, 1.54) is 11.3 Å². The lowest BCUT2D eigenvalue weighted by atomic mass is 10.1. The lowest BCUT2D eigenvalue weighted by Gasteiger charge is -2.36. The Morgan fingerprint density at radius 3 is 2.37 bits per heavy atom. The molecule has 0 spiro atoms. The number of hydrogen-bond acceptors (Lipinski definition) is 5. The average molecular weight is 412 g/mol. The summed E-state index contributed by atoms with van der Waals surface area (Å²) in [5.74, 6) is 1.59. The maximum Gasteiger partial charge on any atom is 0.224 e. The number of carbonyl (C=O) groups is 1. The zero-order valence-corrected chi connectivity index (χ0v) is 18.3. The Kier molecular flexibility index (Phi) is 7.97. The number of nitrogens with zero attached hydrogens (tertiary/aromatic N) is 2. The van der Waals surface area contributed by atoms with Gasteiger partial charge in [-0.1, -0.05) is 6.92 Å². The molecule has 1 heterocycles. The van der Waals surface area contributed by atoms with Crippen molar-refractivity contribution in [2.24, 2.45) is 0 Å². The second-order valence-electron chi connectivity index (χ2n) is 7.60. The van der Waals surface area contributed by atoms with Crippen LogP contribution in [0.2, 0.25) is 0 Å². The number of piperazine rings is 1. The standard InChI is InChI=1S/C24H33N3O3/c1-4-26-13-15-27(16-14-26)23-12-7-20(18-19(23)2)25-24(28)6-5-17-30-22-10-8-21(29-3)9-11-22/h7-12,18H,4-6,13-17H2,1-3H3,(H,25,28). The molecule has 1 aliphatic rings. The van der Waals surface area contributed by atoms with E-state index in [0.29, 0.717) is 19.4 Å². The number of rotatable bonds is 9. The molecule has 1 saturated heterocycles. The van der Waals surface area contributed by atoms with E-state index in [9.17, 15) is 4.79 Å². The predicted octanol–water partition coefficient (Wildman–Crippen LogP) is 3.94. The largest absolute Gasteiger partial charge is 0.497 e. The van der Waals surface area contributed by atoms with Crippen molar-refractivity contribution >= 4 is 17.3 Å². The number of aryl methyl sites for hydroxylation is 1. The van der Waals surface area contributed by atoms with Crippen LogP contribution in [-0.2, 0) is 4.79 Å². The van der Waals surface area contributed by atoms with Gasteiger partial charge >= 0.3 is 0 Å². The predicted molar refractivity (Wildman–Crippen MR) is 122 cm³/mol. The van der Waals surface area contributed by atoms with Gasteiger partial charge in [0, 0.05) is 44.0 Å². The average Bonchev–Trinajstić information content (AvgIpc) is 2.77. The molecule has 162 valence electrons. The van der Waals surface area contributed by atoms with Crippen LogP contribution < -0.4 is 19.7 Å². The Hall–Kier alpha value is -2.73. The van der Waals surface area contributed by atoms with Crippen LogP contribution >= 0.6 is 0 Å². The zero-order chi connectivity index (χ0) is 21.3. The van der Waals surface area contributed by atoms with E-state index in [0.717, 1.165) is 49.9 Å². The fraction of sp³-hybridized carbons (Fsp3) is 0.458. The minimum absolute atomic E-state index is 0.0111. The molecule has 0 radical (unpaired) electrons. The Morgan fingerprint density at radius 2 is 1.73 bits per heavy atom. The molecule has 0 saturated carbocycles. The third kappa shape index (κ3) is 6.13. The number of ether oxygens (including phenoxy) is 2. The maximum atomic E-state index is 12.3. The molecule has 0 atom stereocenters. The smallest absolute Gasteiger partial charge is 0.224 e. The molecule has 0 aliphatic carbocycles. The summed E-state index contributed by atoms with van der Waals surface area (Å²) >= 11 is 0. The van der Waals surface area contributed by atoms with Crippen LogP contribution in [0, 0.1) is 6.92 Å². The molecule has 1 aliphatic heterocycles. The Morgan fingerprint density at radius 1 is 1.03 bits per heavy atom. The van der Waals surface area contributed by atoms with Crippen molar-refractivity contribution in [1.29, 1.82) is 0 Å². The summed E-state index contributed by atoms with van der Waals surface area (Å²) in [5.41, 5.74) is 3.31. The zero-order valence-electron chi connectivity index (χ0n) is 18.3. The lowest BCUT2D eigenvalue weighted by molar-refractivity contribution is -0.116. The highest BCUT2D eigenvalue weighted by Gasteiger charge is 2.17. The van der Waals surface area contributed by atoms with Crippen LogP contribution in [0.1, 0.15) is 25.3 Å². The van der Waals surface area contributed by atoms with Crippen molar-refractivity contribution in [2.45, 2.75) is 26.7 Å². The SMILES string of the molecule is CCN1CCN(c2ccc(NC(=O)CCCOc3ccc(OC)cc3)cc2C)CC1. The number of benzene rings is 2. The van der Waals surface area contributed by atoms with E-state index in [1.807, 2.05) is 30.3 Å². The van der Waals surface area contributed by atoms with Gasteiger partial charge in [-0.05, 0) is 67.9 Å². The highest BCUT2D eigenvalue weighted by molar-refractivity contribution is 5.91. The third-order valence-corrected chi connectivity index (χ3v) is 5.52. The minimum atomic E-state index is 0.0111. The first-order chi connectivity index (χ1) is 14.6. The quantitative estimate of drug-likeness (QED) is 0.634. The number of hydrogen-bond donors (Lipinski definition) is 1. The highest BCUT2D eigenvalue weighted by Crippen LogP contribution is 2.25. The number of likely N-dealkylation sites (N-methyl/N-ethyl adjacent to an activating group) is 1. The van der Waals surface area contributed by atoms with Crippen LogP contribution in [0.4, 0.5) is 11.4 Å². The van der Waals surface area contributed by atoms with Crippen molar-refractivity contribution in [3.63, 3.8) is 0 Å². The molecular formula is C24H33N3O3. The Balaban J connectivity index is 1.42. The van der Waals surface area contributed by atoms with Crippen molar-refractivity contribution in [2.75, 3.05) is 56.7 Å². The molecule has 1 amide bonds. The first kappa shape index (κ1) is 22.0. The molecule has 6 nitrogen and oxygen atoms in total. The fourth-order valence-corrected chi connectivity index (χ4v) is 3.71. The normalized spacial score (nSPS) is 14.4. The van der Waals surface area contributed by atoms with Gasteiger partial charge in [0.1, 0.15) is 11.5 Å². The van der Waals surface area contributed by atoms with E-state index < -0.39 is 0 Å². The Bertz CT molecular complexity index is 815. The van der Waals surface area contributed by atoms with Crippen LogP contribution in [0.5, 0.6) is 11.5 Å². The molecule has 2 aromatic carbocycles. The molecular weight excluding hydrogens is 378 g/mol. The van der Waals surface area contributed by atoms with E-state index in [4.69, 9.17) is 9.47 Å². The number of carbonyl (C=O) groups excluding carboxylic acids is 1. The lowest BCUT2D eigenvalue weighted by Crippen LogP contribution is -2.46. The van der Waals surface area contributed by atoms with E-state index in [-0.39, 0.29) is 5.91 Å². The number of nitrogens with one attached hydrogen (secondary N) is 1. The summed E-state index contributed by atoms with van der Waals surface area (Å²) < 4.78 is 10.8. The second-order valence-corrected chi connectivity index (χ2v) is 7.60. The Labute approximate surface area is 179 Å². The van der Waals surface area contributed by atoms with E-state index in [2.05, 4.69) is 41.1 Å². The third-order valence-electron chi connectivity index (χ3n) is 5.52. The van der Waals surface area contributed by atoms with Crippen molar-refractivity contribution in [3.05, 3.63) is 48.0 Å². The van der Waals surface area contributed by atoms with Gasteiger partial charge in [0.05, 0.1) is 13.7 Å². The minimum Gasteiger partial charge on any atom is -0.497 e. The highest BCUT2D eigenvalue weighted by atomic mass is 16.5. The van der Waals surface area contributed by atoms with Crippen molar-refractivity contribution < 1.29 is 14.3 Å². The number of anilines is 2. The first-order valence-electron chi connectivity index (χ1n) is 10.7. The van der Waals surface area contributed by atoms with Gasteiger partial charge in [0.15, 0.2) is 0 Å². The van der Waals surface area contributed by atoms with Gasteiger partial charge in [-0.3, -0.25) is 4.79 Å². The summed E-state index contributed by atoms with van der Waals surface area (Å²) in [6, 6.07) is 13.6. The van der Waals surface area contributed by atoms with E-state index in [1.54, 1.807) is 7.11 Å². The van der Waals surface area contributed by atoms with Gasteiger partial charge < -0.3 is 24.6 Å². The van der Waals surface area contributed by atoms with Crippen LogP contribution in [-0.4, -0.2) is 57.2 Å². The summed E-state index contributed by atoms with van der Waals surface area (Å²) in [5, 5.41) is 3.01. The van der Waals surface area contributed by atoms with Gasteiger partial charge in [-0.2, -0.15) is 0 Å². The summed E-state index contributed by atoms with van der Waals surface area (Å²) in [6.45, 7) is 10.2. The molecule has 2 aromatic rings. The molecule has 1 fully saturated rings. The molecule has 0 unspecified atom stereocenters. The molecule has 3 rings (SSSR count). The monoisotopic (exact) mass is 411 g/mol. The van der Waals surface area contributed by atoms with Gasteiger partial charge in [0.2, 0.25) is 5.91 Å². The topological polar surface area (TPSA) is 54.0 Å². The van der Waals surface area contributed by atoms with Crippen LogP contribution in [0.3, 0.4) is 0 Å². The van der Waals surface area contributed by atoms with Crippen LogP contribution in [0.15, 0.2) is 42.5 Å². The molecule has 1 N–H and O–H groups in total. The van der Waals surface area contributed by atoms with Gasteiger partial charge in [-0.15, -0.1) is 0 Å². The first-order valence-corrected chi connectivity index (χ1v) is 10.7. The molecule has 6 heteroatoms. The fourth-order valence-electron chi connectivity index (χ4n) is 3.71. The summed E-state index contributed by atoms with van der Waals surface area (Å²) in [6.07, 6.45) is 1.09.